The first-order valence-corrected chi connectivity index (χ1v) is 6.54. The van der Waals surface area contributed by atoms with E-state index in [2.05, 4.69) is 4.98 Å². The summed E-state index contributed by atoms with van der Waals surface area (Å²) in [6, 6.07) is 12.5. The number of pyridine rings is 1. The molecule has 0 saturated carbocycles. The number of carbonyl (C=O) groups excluding carboxylic acids is 1. The number of amides is 1. The van der Waals surface area contributed by atoms with Gasteiger partial charge in [0.1, 0.15) is 0 Å². The van der Waals surface area contributed by atoms with Gasteiger partial charge in [-0.3, -0.25) is 4.79 Å². The molecule has 20 heavy (non-hydrogen) atoms. The number of aromatic nitrogens is 1. The third kappa shape index (κ3) is 3.41. The molecule has 1 aromatic heterocycles. The fraction of sp³-hybridized carbons (Fsp3) is 0.250. The zero-order chi connectivity index (χ0) is 14.5. The second-order valence-electron chi connectivity index (χ2n) is 4.88. The Morgan fingerprint density at radius 1 is 1.25 bits per heavy atom. The van der Waals surface area contributed by atoms with E-state index >= 15 is 0 Å². The molecule has 0 aliphatic rings. The number of benzene rings is 1. The SMILES string of the molecule is CC(C)N(Cc1ccccc1)C(=O)c1ccnc(F)c1. The normalized spacial score (nSPS) is 10.6. The van der Waals surface area contributed by atoms with Crippen molar-refractivity contribution < 1.29 is 9.18 Å². The lowest BCUT2D eigenvalue weighted by molar-refractivity contribution is 0.0689. The van der Waals surface area contributed by atoms with Gasteiger partial charge < -0.3 is 4.90 Å². The van der Waals surface area contributed by atoms with Crippen molar-refractivity contribution in [3.8, 4) is 0 Å². The molecule has 0 bridgehead atoms. The van der Waals surface area contributed by atoms with E-state index in [0.717, 1.165) is 5.56 Å². The fourth-order valence-electron chi connectivity index (χ4n) is 1.97. The first-order chi connectivity index (χ1) is 9.58. The molecule has 1 heterocycles. The minimum absolute atomic E-state index is 0.0268. The molecule has 4 heteroatoms. The van der Waals surface area contributed by atoms with Crippen molar-refractivity contribution in [2.24, 2.45) is 0 Å². The Morgan fingerprint density at radius 2 is 1.95 bits per heavy atom. The second-order valence-corrected chi connectivity index (χ2v) is 4.88. The maximum Gasteiger partial charge on any atom is 0.254 e. The first-order valence-electron chi connectivity index (χ1n) is 6.54. The topological polar surface area (TPSA) is 33.2 Å². The van der Waals surface area contributed by atoms with Crippen molar-refractivity contribution in [3.63, 3.8) is 0 Å². The zero-order valence-electron chi connectivity index (χ0n) is 11.6. The monoisotopic (exact) mass is 272 g/mol. The van der Waals surface area contributed by atoms with E-state index in [1.807, 2.05) is 44.2 Å². The Hall–Kier alpha value is -2.23. The van der Waals surface area contributed by atoms with Crippen LogP contribution < -0.4 is 0 Å². The lowest BCUT2D eigenvalue weighted by Gasteiger charge is -2.27. The molecule has 1 amide bonds. The maximum atomic E-state index is 13.1. The van der Waals surface area contributed by atoms with E-state index in [4.69, 9.17) is 0 Å². The van der Waals surface area contributed by atoms with Crippen molar-refractivity contribution in [2.75, 3.05) is 0 Å². The Bertz CT molecular complexity index is 584. The van der Waals surface area contributed by atoms with Gasteiger partial charge in [0.2, 0.25) is 5.95 Å². The summed E-state index contributed by atoms with van der Waals surface area (Å²) in [6.07, 6.45) is 1.31. The lowest BCUT2D eigenvalue weighted by Crippen LogP contribution is -2.36. The highest BCUT2D eigenvalue weighted by Gasteiger charge is 2.19. The summed E-state index contributed by atoms with van der Waals surface area (Å²) in [6.45, 7) is 4.39. The summed E-state index contributed by atoms with van der Waals surface area (Å²) in [4.78, 5) is 17.7. The van der Waals surface area contributed by atoms with Gasteiger partial charge in [0.25, 0.3) is 5.91 Å². The van der Waals surface area contributed by atoms with Crippen molar-refractivity contribution in [3.05, 3.63) is 65.7 Å². The van der Waals surface area contributed by atoms with E-state index < -0.39 is 5.95 Å². The van der Waals surface area contributed by atoms with Gasteiger partial charge in [-0.05, 0) is 25.5 Å². The first kappa shape index (κ1) is 14.2. The molecule has 2 rings (SSSR count). The summed E-state index contributed by atoms with van der Waals surface area (Å²) < 4.78 is 13.1. The van der Waals surface area contributed by atoms with Gasteiger partial charge in [-0.25, -0.2) is 4.98 Å². The predicted molar refractivity (Wildman–Crippen MR) is 75.6 cm³/mol. The smallest absolute Gasteiger partial charge is 0.254 e. The molecule has 1 aromatic carbocycles. The minimum Gasteiger partial charge on any atom is -0.332 e. The molecule has 0 radical (unpaired) electrons. The molecule has 0 atom stereocenters. The summed E-state index contributed by atoms with van der Waals surface area (Å²) in [5.74, 6) is -0.829. The standard InChI is InChI=1S/C16H17FN2O/c1-12(2)19(11-13-6-4-3-5-7-13)16(20)14-8-9-18-15(17)10-14/h3-10,12H,11H2,1-2H3. The maximum absolute atomic E-state index is 13.1. The van der Waals surface area contributed by atoms with Gasteiger partial charge in [-0.1, -0.05) is 30.3 Å². The molecule has 0 fully saturated rings. The average Bonchev–Trinajstić information content (AvgIpc) is 2.45. The van der Waals surface area contributed by atoms with Crippen LogP contribution in [-0.4, -0.2) is 21.8 Å². The highest BCUT2D eigenvalue weighted by atomic mass is 19.1. The number of rotatable bonds is 4. The molecular weight excluding hydrogens is 255 g/mol. The Labute approximate surface area is 118 Å². The van der Waals surface area contributed by atoms with Crippen LogP contribution in [0.2, 0.25) is 0 Å². The van der Waals surface area contributed by atoms with Crippen molar-refractivity contribution in [2.45, 2.75) is 26.4 Å². The van der Waals surface area contributed by atoms with Gasteiger partial charge in [0.15, 0.2) is 0 Å². The summed E-state index contributed by atoms with van der Waals surface area (Å²) in [7, 11) is 0. The number of hydrogen-bond acceptors (Lipinski definition) is 2. The van der Waals surface area contributed by atoms with Gasteiger partial charge in [0.05, 0.1) is 0 Å². The number of halogens is 1. The molecule has 2 aromatic rings. The number of hydrogen-bond donors (Lipinski definition) is 0. The van der Waals surface area contributed by atoms with Crippen LogP contribution in [0, 0.1) is 5.95 Å². The highest BCUT2D eigenvalue weighted by molar-refractivity contribution is 5.94. The van der Waals surface area contributed by atoms with Crippen LogP contribution >= 0.6 is 0 Å². The molecule has 0 spiro atoms. The molecule has 104 valence electrons. The fourth-order valence-corrected chi connectivity index (χ4v) is 1.97. The molecule has 3 nitrogen and oxygen atoms in total. The third-order valence-corrected chi connectivity index (χ3v) is 3.05. The molecule has 0 unspecified atom stereocenters. The molecule has 0 aliphatic carbocycles. The van der Waals surface area contributed by atoms with Gasteiger partial charge in [-0.15, -0.1) is 0 Å². The van der Waals surface area contributed by atoms with Crippen LogP contribution in [-0.2, 0) is 6.54 Å². The molecule has 0 saturated heterocycles. The third-order valence-electron chi connectivity index (χ3n) is 3.05. The zero-order valence-corrected chi connectivity index (χ0v) is 11.6. The minimum atomic E-state index is -0.640. The number of nitrogens with zero attached hydrogens (tertiary/aromatic N) is 2. The predicted octanol–water partition coefficient (Wildman–Crippen LogP) is 3.27. The van der Waals surface area contributed by atoms with Crippen LogP contribution in [0.25, 0.3) is 0 Å². The van der Waals surface area contributed by atoms with E-state index in [0.29, 0.717) is 12.1 Å². The largest absolute Gasteiger partial charge is 0.332 e. The lowest BCUT2D eigenvalue weighted by atomic mass is 10.1. The van der Waals surface area contributed by atoms with Gasteiger partial charge in [-0.2, -0.15) is 4.39 Å². The number of carbonyl (C=O) groups is 1. The quantitative estimate of drug-likeness (QED) is 0.800. The van der Waals surface area contributed by atoms with E-state index in [1.165, 1.54) is 18.3 Å². The average molecular weight is 272 g/mol. The van der Waals surface area contributed by atoms with Gasteiger partial charge >= 0.3 is 0 Å². The van der Waals surface area contributed by atoms with E-state index in [-0.39, 0.29) is 11.9 Å². The molecule has 0 aliphatic heterocycles. The van der Waals surface area contributed by atoms with Crippen LogP contribution in [0.1, 0.15) is 29.8 Å². The summed E-state index contributed by atoms with van der Waals surface area (Å²) in [5, 5.41) is 0. The van der Waals surface area contributed by atoms with E-state index in [1.54, 1.807) is 4.90 Å². The Balaban J connectivity index is 2.23. The van der Waals surface area contributed by atoms with E-state index in [9.17, 15) is 9.18 Å². The Morgan fingerprint density at radius 3 is 2.55 bits per heavy atom. The van der Waals surface area contributed by atoms with Crippen molar-refractivity contribution in [1.82, 2.24) is 9.88 Å². The second kappa shape index (κ2) is 6.28. The highest BCUT2D eigenvalue weighted by Crippen LogP contribution is 2.13. The van der Waals surface area contributed by atoms with Crippen LogP contribution in [0.5, 0.6) is 0 Å². The molecule has 0 N–H and O–H groups in total. The summed E-state index contributed by atoms with van der Waals surface area (Å²) >= 11 is 0. The summed E-state index contributed by atoms with van der Waals surface area (Å²) in [5.41, 5.74) is 1.37. The van der Waals surface area contributed by atoms with Crippen LogP contribution in [0.4, 0.5) is 4.39 Å². The van der Waals surface area contributed by atoms with Crippen molar-refractivity contribution in [1.29, 1.82) is 0 Å². The molecular formula is C16H17FN2O. The van der Waals surface area contributed by atoms with Gasteiger partial charge in [0, 0.05) is 30.4 Å². The van der Waals surface area contributed by atoms with Crippen molar-refractivity contribution >= 4 is 5.91 Å². The Kier molecular flexibility index (Phi) is 4.45. The van der Waals surface area contributed by atoms with Crippen LogP contribution in [0.15, 0.2) is 48.7 Å². The van der Waals surface area contributed by atoms with Crippen LogP contribution in [0.3, 0.4) is 0 Å².